The van der Waals surface area contributed by atoms with E-state index in [2.05, 4.69) is 4.72 Å². The molecule has 110 valence electrons. The second-order valence-corrected chi connectivity index (χ2v) is 6.31. The molecule has 0 saturated carbocycles. The van der Waals surface area contributed by atoms with E-state index >= 15 is 0 Å². The van der Waals surface area contributed by atoms with Crippen molar-refractivity contribution in [1.82, 2.24) is 0 Å². The molecule has 6 nitrogen and oxygen atoms in total. The van der Waals surface area contributed by atoms with Crippen molar-refractivity contribution >= 4 is 27.4 Å². The Bertz CT molecular complexity index is 783. The van der Waals surface area contributed by atoms with E-state index in [1.807, 2.05) is 0 Å². The van der Waals surface area contributed by atoms with Gasteiger partial charge in [0, 0.05) is 11.4 Å². The second-order valence-electron chi connectivity index (χ2n) is 4.56. The predicted molar refractivity (Wildman–Crippen MR) is 81.7 cm³/mol. The lowest BCUT2D eigenvalue weighted by molar-refractivity contribution is 0.0698. The van der Waals surface area contributed by atoms with Crippen LogP contribution in [0, 0.1) is 0 Å². The van der Waals surface area contributed by atoms with Crippen LogP contribution in [0.2, 0.25) is 0 Å². The maximum atomic E-state index is 11.1. The molecule has 2 aromatic rings. The Morgan fingerprint density at radius 1 is 1.10 bits per heavy atom. The number of anilines is 2. The quantitative estimate of drug-likeness (QED) is 0.748. The fourth-order valence-corrected chi connectivity index (χ4v) is 2.45. The molecule has 0 saturated heterocycles. The first-order valence-electron chi connectivity index (χ1n) is 5.97. The predicted octanol–water partition coefficient (Wildman–Crippen LogP) is 2.01. The maximum absolute atomic E-state index is 11.1. The van der Waals surface area contributed by atoms with Crippen molar-refractivity contribution in [3.63, 3.8) is 0 Å². The monoisotopic (exact) mass is 306 g/mol. The molecular formula is C14H14N2O4S. The van der Waals surface area contributed by atoms with E-state index in [0.29, 0.717) is 5.69 Å². The zero-order chi connectivity index (χ0) is 15.6. The van der Waals surface area contributed by atoms with Gasteiger partial charge in [-0.05, 0) is 35.4 Å². The van der Waals surface area contributed by atoms with Gasteiger partial charge < -0.3 is 10.8 Å². The van der Waals surface area contributed by atoms with Gasteiger partial charge in [-0.15, -0.1) is 0 Å². The fourth-order valence-electron chi connectivity index (χ4n) is 1.88. The highest BCUT2D eigenvalue weighted by atomic mass is 32.2. The minimum absolute atomic E-state index is 0.0501. The number of nitrogen functional groups attached to an aromatic ring is 1. The van der Waals surface area contributed by atoms with E-state index in [4.69, 9.17) is 10.8 Å². The molecule has 21 heavy (non-hydrogen) atoms. The summed E-state index contributed by atoms with van der Waals surface area (Å²) in [6.45, 7) is 0. The fraction of sp³-hybridized carbons (Fsp3) is 0.0714. The van der Waals surface area contributed by atoms with E-state index < -0.39 is 16.0 Å². The van der Waals surface area contributed by atoms with Crippen molar-refractivity contribution in [2.75, 3.05) is 16.7 Å². The number of benzene rings is 2. The third kappa shape index (κ3) is 3.73. The van der Waals surface area contributed by atoms with Gasteiger partial charge in [-0.3, -0.25) is 4.72 Å². The van der Waals surface area contributed by atoms with E-state index in [-0.39, 0.29) is 11.3 Å². The number of hydrogen-bond donors (Lipinski definition) is 3. The molecule has 0 amide bonds. The molecule has 0 heterocycles. The zero-order valence-electron chi connectivity index (χ0n) is 11.2. The van der Waals surface area contributed by atoms with Crippen molar-refractivity contribution < 1.29 is 18.3 Å². The van der Waals surface area contributed by atoms with Crippen LogP contribution in [0.4, 0.5) is 11.4 Å². The molecule has 0 radical (unpaired) electrons. The zero-order valence-corrected chi connectivity index (χ0v) is 12.0. The number of rotatable bonds is 4. The number of nitrogens with two attached hydrogens (primary N) is 1. The second kappa shape index (κ2) is 5.45. The van der Waals surface area contributed by atoms with Crippen molar-refractivity contribution in [2.24, 2.45) is 0 Å². The molecule has 0 atom stereocenters. The summed E-state index contributed by atoms with van der Waals surface area (Å²) in [5, 5.41) is 8.93. The van der Waals surface area contributed by atoms with Crippen LogP contribution in [0.1, 0.15) is 10.4 Å². The number of carboxylic acid groups (broad SMARTS) is 1. The molecule has 0 aliphatic carbocycles. The molecule has 0 spiro atoms. The first kappa shape index (κ1) is 14.9. The summed E-state index contributed by atoms with van der Waals surface area (Å²) in [5.74, 6) is -1.08. The normalized spacial score (nSPS) is 11.1. The Hall–Kier alpha value is -2.54. The lowest BCUT2D eigenvalue weighted by Crippen LogP contribution is -2.09. The van der Waals surface area contributed by atoms with Gasteiger partial charge in [0.05, 0.1) is 11.8 Å². The highest BCUT2D eigenvalue weighted by molar-refractivity contribution is 7.92. The summed E-state index contributed by atoms with van der Waals surface area (Å²) in [6, 6.07) is 11.4. The molecule has 0 unspecified atom stereocenters. The number of hydrogen-bond acceptors (Lipinski definition) is 4. The molecule has 4 N–H and O–H groups in total. The molecular weight excluding hydrogens is 292 g/mol. The molecule has 0 aliphatic heterocycles. The van der Waals surface area contributed by atoms with Crippen molar-refractivity contribution in [3.8, 4) is 11.1 Å². The Morgan fingerprint density at radius 3 is 2.14 bits per heavy atom. The lowest BCUT2D eigenvalue weighted by Gasteiger charge is -2.08. The Kier molecular flexibility index (Phi) is 3.86. The Labute approximate surface area is 122 Å². The van der Waals surface area contributed by atoms with Crippen LogP contribution in [0.3, 0.4) is 0 Å². The summed E-state index contributed by atoms with van der Waals surface area (Å²) in [5.41, 5.74) is 7.94. The number of nitrogens with one attached hydrogen (secondary N) is 1. The Morgan fingerprint density at radius 2 is 1.67 bits per heavy atom. The van der Waals surface area contributed by atoms with Gasteiger partial charge in [-0.2, -0.15) is 0 Å². The Balaban J connectivity index is 2.31. The third-order valence-corrected chi connectivity index (χ3v) is 3.41. The van der Waals surface area contributed by atoms with Crippen LogP contribution in [0.15, 0.2) is 42.5 Å². The average molecular weight is 306 g/mol. The van der Waals surface area contributed by atoms with E-state index in [1.165, 1.54) is 6.07 Å². The molecule has 2 aromatic carbocycles. The average Bonchev–Trinajstić information content (AvgIpc) is 2.37. The van der Waals surface area contributed by atoms with Gasteiger partial charge in [0.25, 0.3) is 0 Å². The maximum Gasteiger partial charge on any atom is 0.337 e. The molecule has 2 rings (SSSR count). The minimum Gasteiger partial charge on any atom is -0.478 e. The standard InChI is InChI=1S/C14H14N2O4S/c1-21(19,20)16-11-5-2-9(3-6-11)10-4-7-12(14(17)18)13(15)8-10/h2-8,16H,15H2,1H3,(H,17,18). The number of sulfonamides is 1. The summed E-state index contributed by atoms with van der Waals surface area (Å²) in [4.78, 5) is 10.9. The van der Waals surface area contributed by atoms with Gasteiger partial charge in [-0.25, -0.2) is 13.2 Å². The molecule has 7 heteroatoms. The SMILES string of the molecule is CS(=O)(=O)Nc1ccc(-c2ccc(C(=O)O)c(N)c2)cc1. The van der Waals surface area contributed by atoms with Crippen LogP contribution >= 0.6 is 0 Å². The van der Waals surface area contributed by atoms with Crippen LogP contribution < -0.4 is 10.5 Å². The summed E-state index contributed by atoms with van der Waals surface area (Å²) >= 11 is 0. The topological polar surface area (TPSA) is 109 Å². The van der Waals surface area contributed by atoms with Crippen molar-refractivity contribution in [2.45, 2.75) is 0 Å². The van der Waals surface area contributed by atoms with E-state index in [1.54, 1.807) is 36.4 Å². The van der Waals surface area contributed by atoms with Gasteiger partial charge in [-0.1, -0.05) is 18.2 Å². The van der Waals surface area contributed by atoms with Crippen molar-refractivity contribution in [3.05, 3.63) is 48.0 Å². The third-order valence-electron chi connectivity index (χ3n) is 2.80. The summed E-state index contributed by atoms with van der Waals surface area (Å²) in [7, 11) is -3.31. The van der Waals surface area contributed by atoms with Crippen molar-refractivity contribution in [1.29, 1.82) is 0 Å². The first-order chi connectivity index (χ1) is 9.76. The molecule has 0 fully saturated rings. The lowest BCUT2D eigenvalue weighted by atomic mass is 10.0. The molecule has 0 bridgehead atoms. The van der Waals surface area contributed by atoms with Crippen LogP contribution in [-0.4, -0.2) is 25.7 Å². The van der Waals surface area contributed by atoms with E-state index in [0.717, 1.165) is 17.4 Å². The summed E-state index contributed by atoms with van der Waals surface area (Å²) < 4.78 is 24.6. The van der Waals surface area contributed by atoms with Gasteiger partial charge in [0.1, 0.15) is 0 Å². The highest BCUT2D eigenvalue weighted by Crippen LogP contribution is 2.25. The van der Waals surface area contributed by atoms with Gasteiger partial charge in [0.15, 0.2) is 0 Å². The number of aromatic carboxylic acids is 1. The summed E-state index contributed by atoms with van der Waals surface area (Å²) in [6.07, 6.45) is 1.08. The molecule has 0 aliphatic rings. The van der Waals surface area contributed by atoms with Gasteiger partial charge in [0.2, 0.25) is 10.0 Å². The van der Waals surface area contributed by atoms with Crippen LogP contribution in [0.25, 0.3) is 11.1 Å². The number of carboxylic acids is 1. The molecule has 0 aromatic heterocycles. The number of carbonyl (C=O) groups is 1. The van der Waals surface area contributed by atoms with Gasteiger partial charge >= 0.3 is 5.97 Å². The van der Waals surface area contributed by atoms with Crippen LogP contribution in [0.5, 0.6) is 0 Å². The smallest absolute Gasteiger partial charge is 0.337 e. The van der Waals surface area contributed by atoms with E-state index in [9.17, 15) is 13.2 Å². The largest absolute Gasteiger partial charge is 0.478 e. The highest BCUT2D eigenvalue weighted by Gasteiger charge is 2.09. The first-order valence-corrected chi connectivity index (χ1v) is 7.86. The van der Waals surface area contributed by atoms with Crippen LogP contribution in [-0.2, 0) is 10.0 Å². The minimum atomic E-state index is -3.31.